The average Bonchev–Trinajstić information content (AvgIpc) is 3.08. The van der Waals surface area contributed by atoms with E-state index in [-0.39, 0.29) is 29.7 Å². The van der Waals surface area contributed by atoms with Gasteiger partial charge in [-0.1, -0.05) is 19.3 Å². The van der Waals surface area contributed by atoms with Crippen molar-refractivity contribution < 1.29 is 18.4 Å². The van der Waals surface area contributed by atoms with E-state index in [1.54, 1.807) is 13.8 Å². The van der Waals surface area contributed by atoms with Crippen LogP contribution in [0.5, 0.6) is 0 Å². The van der Waals surface area contributed by atoms with Crippen molar-refractivity contribution >= 4 is 11.9 Å². The molecule has 1 aliphatic heterocycles. The number of carbonyl (C=O) groups is 2. The number of amides is 3. The van der Waals surface area contributed by atoms with Gasteiger partial charge in [0, 0.05) is 31.2 Å². The molecule has 0 atom stereocenters. The van der Waals surface area contributed by atoms with Crippen molar-refractivity contribution in [2.45, 2.75) is 70.9 Å². The number of urea groups is 1. The van der Waals surface area contributed by atoms with Gasteiger partial charge in [0.15, 0.2) is 5.82 Å². The minimum absolute atomic E-state index is 0.0130. The maximum absolute atomic E-state index is 14.2. The van der Waals surface area contributed by atoms with Crippen molar-refractivity contribution in [3.8, 4) is 5.69 Å². The van der Waals surface area contributed by atoms with Crippen LogP contribution in [0.4, 0.5) is 13.6 Å². The van der Waals surface area contributed by atoms with E-state index in [1.165, 1.54) is 30.0 Å². The SMILES string of the molecule is Cc1nn(-c2ccc(F)cc2F)c(C)c1C(=O)NC1CCN(C(=O)NC2CCCCC2)CC1. The first-order valence-electron chi connectivity index (χ1n) is 11.7. The second kappa shape index (κ2) is 9.89. The number of aryl methyl sites for hydroxylation is 1. The molecule has 0 radical (unpaired) electrons. The Hall–Kier alpha value is -2.97. The predicted molar refractivity (Wildman–Crippen MR) is 120 cm³/mol. The molecule has 7 nitrogen and oxygen atoms in total. The zero-order chi connectivity index (χ0) is 23.5. The summed E-state index contributed by atoms with van der Waals surface area (Å²) < 4.78 is 28.8. The van der Waals surface area contributed by atoms with Crippen LogP contribution in [-0.4, -0.2) is 51.8 Å². The largest absolute Gasteiger partial charge is 0.349 e. The van der Waals surface area contributed by atoms with Gasteiger partial charge >= 0.3 is 6.03 Å². The molecule has 1 aromatic heterocycles. The van der Waals surface area contributed by atoms with E-state index in [4.69, 9.17) is 0 Å². The summed E-state index contributed by atoms with van der Waals surface area (Å²) in [6, 6.07) is 3.47. The summed E-state index contributed by atoms with van der Waals surface area (Å²) in [6.45, 7) is 4.55. The summed E-state index contributed by atoms with van der Waals surface area (Å²) in [5.74, 6) is -1.69. The Balaban J connectivity index is 1.35. The van der Waals surface area contributed by atoms with Crippen molar-refractivity contribution in [1.29, 1.82) is 0 Å². The Morgan fingerprint density at radius 3 is 2.30 bits per heavy atom. The fraction of sp³-hybridized carbons (Fsp3) is 0.542. The number of nitrogens with one attached hydrogen (secondary N) is 2. The van der Waals surface area contributed by atoms with Gasteiger partial charge in [0.25, 0.3) is 5.91 Å². The van der Waals surface area contributed by atoms with E-state index in [9.17, 15) is 18.4 Å². The van der Waals surface area contributed by atoms with Crippen LogP contribution >= 0.6 is 0 Å². The number of halogens is 2. The number of aromatic nitrogens is 2. The minimum Gasteiger partial charge on any atom is -0.349 e. The van der Waals surface area contributed by atoms with Crippen LogP contribution in [0.15, 0.2) is 18.2 Å². The van der Waals surface area contributed by atoms with Crippen molar-refractivity contribution in [2.75, 3.05) is 13.1 Å². The molecule has 2 aliphatic rings. The molecule has 1 saturated heterocycles. The monoisotopic (exact) mass is 459 g/mol. The highest BCUT2D eigenvalue weighted by Crippen LogP contribution is 2.22. The molecule has 1 saturated carbocycles. The van der Waals surface area contributed by atoms with Crippen LogP contribution < -0.4 is 10.6 Å². The smallest absolute Gasteiger partial charge is 0.317 e. The zero-order valence-electron chi connectivity index (χ0n) is 19.2. The van der Waals surface area contributed by atoms with E-state index in [0.717, 1.165) is 25.0 Å². The first kappa shape index (κ1) is 23.2. The van der Waals surface area contributed by atoms with E-state index in [1.807, 2.05) is 4.90 Å². The molecule has 0 spiro atoms. The molecule has 4 rings (SSSR count). The van der Waals surface area contributed by atoms with E-state index < -0.39 is 11.6 Å². The van der Waals surface area contributed by atoms with E-state index >= 15 is 0 Å². The predicted octanol–water partition coefficient (Wildman–Crippen LogP) is 4.00. The van der Waals surface area contributed by atoms with Gasteiger partial charge in [-0.05, 0) is 51.7 Å². The molecule has 178 valence electrons. The summed E-state index contributed by atoms with van der Waals surface area (Å²) >= 11 is 0. The van der Waals surface area contributed by atoms with Gasteiger partial charge in [0.2, 0.25) is 0 Å². The Kier molecular flexibility index (Phi) is 6.95. The molecule has 2 N–H and O–H groups in total. The second-order valence-corrected chi connectivity index (χ2v) is 9.07. The molecule has 2 aromatic rings. The van der Waals surface area contributed by atoms with Gasteiger partial charge < -0.3 is 15.5 Å². The summed E-state index contributed by atoms with van der Waals surface area (Å²) in [4.78, 5) is 27.4. The molecule has 2 fully saturated rings. The Bertz CT molecular complexity index is 1020. The maximum Gasteiger partial charge on any atom is 0.317 e. The lowest BCUT2D eigenvalue weighted by Crippen LogP contribution is -2.51. The fourth-order valence-corrected chi connectivity index (χ4v) is 4.86. The molecule has 33 heavy (non-hydrogen) atoms. The fourth-order valence-electron chi connectivity index (χ4n) is 4.86. The Morgan fingerprint density at radius 1 is 0.970 bits per heavy atom. The number of benzene rings is 1. The minimum atomic E-state index is -0.744. The number of hydrogen-bond donors (Lipinski definition) is 2. The summed E-state index contributed by atoms with van der Waals surface area (Å²) in [7, 11) is 0. The average molecular weight is 460 g/mol. The van der Waals surface area contributed by atoms with Crippen LogP contribution in [0.2, 0.25) is 0 Å². The van der Waals surface area contributed by atoms with Gasteiger partial charge in [0.1, 0.15) is 11.5 Å². The normalized spacial score (nSPS) is 17.8. The van der Waals surface area contributed by atoms with Gasteiger partial charge in [-0.25, -0.2) is 18.3 Å². The summed E-state index contributed by atoms with van der Waals surface area (Å²) in [5, 5.41) is 10.5. The highest BCUT2D eigenvalue weighted by atomic mass is 19.1. The lowest BCUT2D eigenvalue weighted by molar-refractivity contribution is 0.0916. The Labute approximate surface area is 192 Å². The molecule has 1 aliphatic carbocycles. The molecule has 3 amide bonds. The number of rotatable bonds is 4. The topological polar surface area (TPSA) is 79.3 Å². The van der Waals surface area contributed by atoms with Crippen LogP contribution in [0.25, 0.3) is 5.69 Å². The lowest BCUT2D eigenvalue weighted by Gasteiger charge is -2.34. The standard InChI is InChI=1S/C24H31F2N5O2/c1-15-22(16(2)31(29-15)21-9-8-17(25)14-20(21)26)23(32)27-19-10-12-30(13-11-19)24(33)28-18-6-4-3-5-7-18/h8-9,14,18-19H,3-7,10-13H2,1-2H3,(H,27,32)(H,28,33). The number of carbonyl (C=O) groups excluding carboxylic acids is 2. The van der Waals surface area contributed by atoms with Crippen LogP contribution in [0.3, 0.4) is 0 Å². The molecule has 0 unspecified atom stereocenters. The first-order chi connectivity index (χ1) is 15.8. The van der Waals surface area contributed by atoms with Crippen LogP contribution in [-0.2, 0) is 0 Å². The van der Waals surface area contributed by atoms with Gasteiger partial charge in [-0.3, -0.25) is 4.79 Å². The lowest BCUT2D eigenvalue weighted by atomic mass is 9.95. The molecule has 1 aromatic carbocycles. The third-order valence-electron chi connectivity index (χ3n) is 6.71. The van der Waals surface area contributed by atoms with E-state index in [2.05, 4.69) is 15.7 Å². The van der Waals surface area contributed by atoms with Crippen LogP contribution in [0, 0.1) is 25.5 Å². The number of piperidine rings is 1. The van der Waals surface area contributed by atoms with Gasteiger partial charge in [0.05, 0.1) is 17.0 Å². The number of hydrogen-bond acceptors (Lipinski definition) is 3. The molecular weight excluding hydrogens is 428 g/mol. The number of likely N-dealkylation sites (tertiary alicyclic amines) is 1. The van der Waals surface area contributed by atoms with Gasteiger partial charge in [-0.2, -0.15) is 5.10 Å². The first-order valence-corrected chi connectivity index (χ1v) is 11.7. The maximum atomic E-state index is 14.2. The highest BCUT2D eigenvalue weighted by Gasteiger charge is 2.28. The Morgan fingerprint density at radius 2 is 1.64 bits per heavy atom. The summed E-state index contributed by atoms with van der Waals surface area (Å²) in [5.41, 5.74) is 1.43. The van der Waals surface area contributed by atoms with Crippen molar-refractivity contribution in [2.24, 2.45) is 0 Å². The van der Waals surface area contributed by atoms with E-state index in [0.29, 0.717) is 42.9 Å². The molecule has 9 heteroatoms. The third kappa shape index (κ3) is 5.17. The van der Waals surface area contributed by atoms with Crippen molar-refractivity contribution in [1.82, 2.24) is 25.3 Å². The second-order valence-electron chi connectivity index (χ2n) is 9.07. The highest BCUT2D eigenvalue weighted by molar-refractivity contribution is 5.96. The third-order valence-corrected chi connectivity index (χ3v) is 6.71. The molecule has 0 bridgehead atoms. The number of nitrogens with zero attached hydrogens (tertiary/aromatic N) is 3. The van der Waals surface area contributed by atoms with Crippen molar-refractivity contribution in [3.63, 3.8) is 0 Å². The quantitative estimate of drug-likeness (QED) is 0.725. The molecule has 2 heterocycles. The summed E-state index contributed by atoms with van der Waals surface area (Å²) in [6.07, 6.45) is 7.02. The van der Waals surface area contributed by atoms with Gasteiger partial charge in [-0.15, -0.1) is 0 Å². The van der Waals surface area contributed by atoms with Crippen LogP contribution in [0.1, 0.15) is 66.7 Å². The van der Waals surface area contributed by atoms with Crippen molar-refractivity contribution in [3.05, 3.63) is 46.8 Å². The zero-order valence-corrected chi connectivity index (χ0v) is 19.2. The molecular formula is C24H31F2N5O2.